The molecular weight excluding hydrogens is 214 g/mol. The molecule has 0 bridgehead atoms. The Hall–Kier alpha value is -0.580. The second-order valence-electron chi connectivity index (χ2n) is 3.64. The number of aryl methyl sites for hydroxylation is 1. The summed E-state index contributed by atoms with van der Waals surface area (Å²) in [7, 11) is 0. The predicted molar refractivity (Wildman–Crippen MR) is 61.1 cm³/mol. The molecule has 0 amide bonds. The normalized spacial score (nSPS) is 13.1. The highest BCUT2D eigenvalue weighted by atomic mass is 35.5. The molecule has 15 heavy (non-hydrogen) atoms. The number of nitrogens with one attached hydrogen (secondary N) is 1. The van der Waals surface area contributed by atoms with E-state index in [1.807, 2.05) is 6.92 Å². The van der Waals surface area contributed by atoms with Crippen molar-refractivity contribution in [2.24, 2.45) is 0 Å². The van der Waals surface area contributed by atoms with Gasteiger partial charge in [-0.05, 0) is 19.9 Å². The van der Waals surface area contributed by atoms with Gasteiger partial charge in [-0.1, -0.05) is 18.5 Å². The molecule has 1 unspecified atom stereocenters. The zero-order valence-electron chi connectivity index (χ0n) is 9.20. The predicted octanol–water partition coefficient (Wildman–Crippen LogP) is 1.21. The van der Waals surface area contributed by atoms with Crippen LogP contribution in [0.2, 0.25) is 5.02 Å². The fraction of sp³-hybridized carbons (Fsp3) is 0.700. The molecule has 1 aromatic heterocycles. The lowest BCUT2D eigenvalue weighted by Crippen LogP contribution is -2.30. The molecule has 1 rings (SSSR count). The molecule has 0 spiro atoms. The Labute approximate surface area is 95.2 Å². The number of hydrogen-bond donors (Lipinski definition) is 2. The molecule has 1 heterocycles. The smallest absolute Gasteiger partial charge is 0.0860 e. The van der Waals surface area contributed by atoms with Gasteiger partial charge in [-0.25, -0.2) is 0 Å². The summed E-state index contributed by atoms with van der Waals surface area (Å²) in [5.41, 5.74) is 0.797. The molecule has 0 saturated heterocycles. The first-order chi connectivity index (χ1) is 7.13. The lowest BCUT2D eigenvalue weighted by Gasteiger charge is -2.11. The summed E-state index contributed by atoms with van der Waals surface area (Å²) < 4.78 is 1.68. The van der Waals surface area contributed by atoms with Crippen molar-refractivity contribution in [1.82, 2.24) is 15.1 Å². The molecule has 0 aliphatic carbocycles. The Balaban J connectivity index is 2.34. The summed E-state index contributed by atoms with van der Waals surface area (Å²) in [5.74, 6) is 0. The van der Waals surface area contributed by atoms with E-state index in [4.69, 9.17) is 11.6 Å². The first-order valence-corrected chi connectivity index (χ1v) is 5.59. The number of nitrogens with zero attached hydrogens (tertiary/aromatic N) is 2. The Morgan fingerprint density at radius 2 is 2.40 bits per heavy atom. The zero-order chi connectivity index (χ0) is 11.3. The molecular formula is C10H18ClN3O. The molecule has 86 valence electrons. The molecule has 0 fully saturated rings. The van der Waals surface area contributed by atoms with Crippen molar-refractivity contribution in [2.45, 2.75) is 32.9 Å². The lowest BCUT2D eigenvalue weighted by atomic mass is 10.3. The Morgan fingerprint density at radius 1 is 1.67 bits per heavy atom. The van der Waals surface area contributed by atoms with Crippen LogP contribution < -0.4 is 5.32 Å². The highest BCUT2D eigenvalue weighted by Crippen LogP contribution is 2.11. The SMILES string of the molecule is CCCNCC(O)Cn1cc(Cl)c(C)n1. The molecule has 0 aromatic carbocycles. The summed E-state index contributed by atoms with van der Waals surface area (Å²) in [4.78, 5) is 0. The van der Waals surface area contributed by atoms with Crippen LogP contribution >= 0.6 is 11.6 Å². The summed E-state index contributed by atoms with van der Waals surface area (Å²) in [6, 6.07) is 0. The molecule has 2 N–H and O–H groups in total. The zero-order valence-corrected chi connectivity index (χ0v) is 9.96. The van der Waals surface area contributed by atoms with Crippen LogP contribution in [0.15, 0.2) is 6.20 Å². The van der Waals surface area contributed by atoms with E-state index in [1.165, 1.54) is 0 Å². The van der Waals surface area contributed by atoms with Crippen LogP contribution in [0.25, 0.3) is 0 Å². The Morgan fingerprint density at radius 3 is 2.93 bits per heavy atom. The number of rotatable bonds is 6. The quantitative estimate of drug-likeness (QED) is 0.724. The van der Waals surface area contributed by atoms with Gasteiger partial charge in [0.05, 0.1) is 23.4 Å². The van der Waals surface area contributed by atoms with E-state index in [2.05, 4.69) is 17.3 Å². The van der Waals surface area contributed by atoms with Gasteiger partial charge in [-0.3, -0.25) is 4.68 Å². The first kappa shape index (κ1) is 12.5. The molecule has 1 atom stereocenters. The maximum atomic E-state index is 9.66. The molecule has 0 radical (unpaired) electrons. The number of aliphatic hydroxyl groups excluding tert-OH is 1. The van der Waals surface area contributed by atoms with E-state index < -0.39 is 6.10 Å². The number of aliphatic hydroxyl groups is 1. The van der Waals surface area contributed by atoms with Gasteiger partial charge in [-0.15, -0.1) is 0 Å². The van der Waals surface area contributed by atoms with Crippen molar-refractivity contribution in [3.8, 4) is 0 Å². The summed E-state index contributed by atoms with van der Waals surface area (Å²) in [6.07, 6.45) is 2.38. The van der Waals surface area contributed by atoms with Crippen LogP contribution in [0.5, 0.6) is 0 Å². The number of hydrogen-bond acceptors (Lipinski definition) is 3. The summed E-state index contributed by atoms with van der Waals surface area (Å²) >= 11 is 5.86. The van der Waals surface area contributed by atoms with Crippen LogP contribution in [0.1, 0.15) is 19.0 Å². The standard InChI is InChI=1S/C10H18ClN3O/c1-3-4-12-5-9(15)6-14-7-10(11)8(2)13-14/h7,9,12,15H,3-6H2,1-2H3. The monoisotopic (exact) mass is 231 g/mol. The van der Waals surface area contributed by atoms with Crippen molar-refractivity contribution in [2.75, 3.05) is 13.1 Å². The van der Waals surface area contributed by atoms with Crippen molar-refractivity contribution in [3.63, 3.8) is 0 Å². The lowest BCUT2D eigenvalue weighted by molar-refractivity contribution is 0.147. The van der Waals surface area contributed by atoms with Gasteiger partial charge in [0.1, 0.15) is 0 Å². The third-order valence-corrected chi connectivity index (χ3v) is 2.46. The average molecular weight is 232 g/mol. The van der Waals surface area contributed by atoms with Gasteiger partial charge in [0.25, 0.3) is 0 Å². The van der Waals surface area contributed by atoms with Gasteiger partial charge in [0, 0.05) is 12.7 Å². The molecule has 5 heteroatoms. The number of aromatic nitrogens is 2. The van der Waals surface area contributed by atoms with Crippen LogP contribution in [-0.4, -0.2) is 34.1 Å². The topological polar surface area (TPSA) is 50.1 Å². The Kier molecular flexibility index (Phi) is 5.08. The fourth-order valence-corrected chi connectivity index (χ4v) is 1.46. The van der Waals surface area contributed by atoms with Crippen LogP contribution in [0.3, 0.4) is 0 Å². The minimum atomic E-state index is -0.424. The third-order valence-electron chi connectivity index (χ3n) is 2.09. The number of halogens is 1. The molecule has 4 nitrogen and oxygen atoms in total. The van der Waals surface area contributed by atoms with Crippen molar-refractivity contribution < 1.29 is 5.11 Å². The maximum absolute atomic E-state index is 9.66. The van der Waals surface area contributed by atoms with E-state index in [-0.39, 0.29) is 0 Å². The second-order valence-corrected chi connectivity index (χ2v) is 4.05. The van der Waals surface area contributed by atoms with Gasteiger partial charge in [-0.2, -0.15) is 5.10 Å². The van der Waals surface area contributed by atoms with Crippen LogP contribution in [0.4, 0.5) is 0 Å². The molecule has 0 aliphatic heterocycles. The minimum absolute atomic E-state index is 0.424. The van der Waals surface area contributed by atoms with E-state index in [0.29, 0.717) is 18.1 Å². The Bertz CT molecular complexity index is 281. The first-order valence-electron chi connectivity index (χ1n) is 5.21. The molecule has 0 aliphatic rings. The van der Waals surface area contributed by atoms with Crippen LogP contribution in [-0.2, 0) is 6.54 Å². The van der Waals surface area contributed by atoms with Crippen molar-refractivity contribution >= 4 is 11.6 Å². The summed E-state index contributed by atoms with van der Waals surface area (Å²) in [6.45, 7) is 5.93. The highest BCUT2D eigenvalue weighted by Gasteiger charge is 2.07. The van der Waals surface area contributed by atoms with E-state index >= 15 is 0 Å². The van der Waals surface area contributed by atoms with Gasteiger partial charge in [0.2, 0.25) is 0 Å². The minimum Gasteiger partial charge on any atom is -0.390 e. The second kappa shape index (κ2) is 6.10. The van der Waals surface area contributed by atoms with Crippen molar-refractivity contribution in [3.05, 3.63) is 16.9 Å². The third kappa shape index (κ3) is 4.20. The van der Waals surface area contributed by atoms with E-state index in [9.17, 15) is 5.11 Å². The van der Waals surface area contributed by atoms with Gasteiger partial charge >= 0.3 is 0 Å². The van der Waals surface area contributed by atoms with Gasteiger partial charge in [0.15, 0.2) is 0 Å². The van der Waals surface area contributed by atoms with E-state index in [1.54, 1.807) is 10.9 Å². The maximum Gasteiger partial charge on any atom is 0.0860 e. The average Bonchev–Trinajstić information content (AvgIpc) is 2.46. The van der Waals surface area contributed by atoms with Crippen molar-refractivity contribution in [1.29, 1.82) is 0 Å². The fourth-order valence-electron chi connectivity index (χ4n) is 1.31. The molecule has 0 saturated carbocycles. The largest absolute Gasteiger partial charge is 0.390 e. The van der Waals surface area contributed by atoms with Gasteiger partial charge < -0.3 is 10.4 Å². The molecule has 1 aromatic rings. The summed E-state index contributed by atoms with van der Waals surface area (Å²) in [5, 5.41) is 17.6. The highest BCUT2D eigenvalue weighted by molar-refractivity contribution is 6.31. The van der Waals surface area contributed by atoms with Crippen LogP contribution in [0, 0.1) is 6.92 Å². The van der Waals surface area contributed by atoms with E-state index in [0.717, 1.165) is 18.7 Å².